The SMILES string of the molecule is C.C.COCCOC(=O)N(CN=C=O)C(=O)NCN=C=O. The van der Waals surface area contributed by atoms with Crippen LogP contribution in [0.4, 0.5) is 9.59 Å². The van der Waals surface area contributed by atoms with Crippen LogP contribution in [0.3, 0.4) is 0 Å². The van der Waals surface area contributed by atoms with Gasteiger partial charge in [0.2, 0.25) is 12.2 Å². The fourth-order valence-corrected chi connectivity index (χ4v) is 0.830. The van der Waals surface area contributed by atoms with Crippen molar-refractivity contribution in [1.82, 2.24) is 10.2 Å². The van der Waals surface area contributed by atoms with Crippen LogP contribution in [-0.2, 0) is 19.1 Å². The van der Waals surface area contributed by atoms with Gasteiger partial charge >= 0.3 is 12.1 Å². The highest BCUT2D eigenvalue weighted by molar-refractivity contribution is 5.90. The Hall–Kier alpha value is -2.54. The van der Waals surface area contributed by atoms with Crippen LogP contribution in [0.25, 0.3) is 0 Å². The zero-order valence-electron chi connectivity index (χ0n) is 10.1. The van der Waals surface area contributed by atoms with Gasteiger partial charge in [-0.1, -0.05) is 14.9 Å². The molecule has 0 saturated heterocycles. The Morgan fingerprint density at radius 2 is 1.76 bits per heavy atom. The van der Waals surface area contributed by atoms with Crippen LogP contribution in [0.5, 0.6) is 0 Å². The van der Waals surface area contributed by atoms with E-state index in [1.165, 1.54) is 19.3 Å². The quantitative estimate of drug-likeness (QED) is 0.417. The molecule has 0 aromatic heterocycles. The number of nitrogens with zero attached hydrogens (tertiary/aromatic N) is 3. The first-order chi connectivity index (χ1) is 9.17. The third-order valence-corrected chi connectivity index (χ3v) is 1.63. The van der Waals surface area contributed by atoms with Gasteiger partial charge in [0.15, 0.2) is 0 Å². The van der Waals surface area contributed by atoms with Crippen molar-refractivity contribution in [2.24, 2.45) is 9.98 Å². The lowest BCUT2D eigenvalue weighted by Crippen LogP contribution is -2.44. The molecule has 0 radical (unpaired) electrons. The van der Waals surface area contributed by atoms with E-state index in [9.17, 15) is 19.2 Å². The molecule has 0 fully saturated rings. The second kappa shape index (κ2) is 15.5. The summed E-state index contributed by atoms with van der Waals surface area (Å²) >= 11 is 0. The lowest BCUT2D eigenvalue weighted by molar-refractivity contribution is 0.0785. The minimum atomic E-state index is -1.02. The van der Waals surface area contributed by atoms with Gasteiger partial charge in [-0.3, -0.25) is 0 Å². The van der Waals surface area contributed by atoms with Gasteiger partial charge < -0.3 is 14.8 Å². The van der Waals surface area contributed by atoms with E-state index in [0.29, 0.717) is 4.90 Å². The van der Waals surface area contributed by atoms with E-state index in [1.54, 1.807) is 0 Å². The molecular formula is C11H20N4O6. The molecule has 0 saturated carbocycles. The number of isocyanates is 2. The van der Waals surface area contributed by atoms with Gasteiger partial charge in [-0.15, -0.1) is 0 Å². The van der Waals surface area contributed by atoms with Gasteiger partial charge in [-0.25, -0.2) is 24.1 Å². The van der Waals surface area contributed by atoms with Gasteiger partial charge in [0, 0.05) is 7.11 Å². The molecule has 21 heavy (non-hydrogen) atoms. The number of aliphatic imine (C=N–C) groups is 2. The van der Waals surface area contributed by atoms with Gasteiger partial charge in [-0.2, -0.15) is 9.98 Å². The number of imide groups is 1. The molecule has 0 aromatic carbocycles. The van der Waals surface area contributed by atoms with Crippen molar-refractivity contribution in [3.63, 3.8) is 0 Å². The number of hydrogen-bond donors (Lipinski definition) is 1. The molecule has 0 unspecified atom stereocenters. The molecule has 0 aliphatic rings. The molecule has 10 heteroatoms. The topological polar surface area (TPSA) is 127 Å². The lowest BCUT2D eigenvalue weighted by Gasteiger charge is -2.17. The summed E-state index contributed by atoms with van der Waals surface area (Å²) < 4.78 is 9.33. The summed E-state index contributed by atoms with van der Waals surface area (Å²) in [6.45, 7) is -0.856. The Balaban J connectivity index is -0.00000162. The van der Waals surface area contributed by atoms with E-state index in [-0.39, 0.29) is 34.7 Å². The minimum Gasteiger partial charge on any atom is -0.447 e. The first-order valence-electron chi connectivity index (χ1n) is 4.95. The third-order valence-electron chi connectivity index (χ3n) is 1.63. The maximum absolute atomic E-state index is 11.5. The molecule has 0 bridgehead atoms. The standard InChI is InChI=1S/C9H12N4O6.2CH4/c1-18-2-3-19-9(17)13(5-11-7-15)8(16)12-4-10-6-14;;/h2-5H2,1H3,(H,12,16);2*1H4. The van der Waals surface area contributed by atoms with Crippen LogP contribution in [0.15, 0.2) is 9.98 Å². The van der Waals surface area contributed by atoms with Crippen LogP contribution < -0.4 is 5.32 Å². The van der Waals surface area contributed by atoms with Crippen molar-refractivity contribution in [3.05, 3.63) is 0 Å². The van der Waals surface area contributed by atoms with E-state index in [4.69, 9.17) is 0 Å². The second-order valence-corrected chi connectivity index (χ2v) is 2.82. The predicted molar refractivity (Wildman–Crippen MR) is 73.0 cm³/mol. The molecule has 10 nitrogen and oxygen atoms in total. The normalized spacial score (nSPS) is 7.86. The van der Waals surface area contributed by atoms with Gasteiger partial charge in [0.25, 0.3) is 0 Å². The Morgan fingerprint density at radius 1 is 1.14 bits per heavy atom. The number of carbonyl (C=O) groups is 2. The van der Waals surface area contributed by atoms with Crippen molar-refractivity contribution >= 4 is 24.3 Å². The molecule has 0 atom stereocenters. The van der Waals surface area contributed by atoms with Crippen LogP contribution >= 0.6 is 0 Å². The highest BCUT2D eigenvalue weighted by Gasteiger charge is 2.22. The van der Waals surface area contributed by atoms with Crippen molar-refractivity contribution in [3.8, 4) is 0 Å². The van der Waals surface area contributed by atoms with Crippen molar-refractivity contribution < 1.29 is 28.7 Å². The summed E-state index contributed by atoms with van der Waals surface area (Å²) in [5, 5.41) is 2.10. The number of amides is 3. The summed E-state index contributed by atoms with van der Waals surface area (Å²) in [7, 11) is 1.41. The van der Waals surface area contributed by atoms with Crippen LogP contribution in [0.1, 0.15) is 14.9 Å². The molecule has 0 rings (SSSR count). The maximum Gasteiger partial charge on any atom is 0.419 e. The zero-order chi connectivity index (χ0) is 14.5. The summed E-state index contributed by atoms with van der Waals surface area (Å²) in [6.07, 6.45) is 1.35. The van der Waals surface area contributed by atoms with E-state index >= 15 is 0 Å². The van der Waals surface area contributed by atoms with Crippen LogP contribution in [0.2, 0.25) is 0 Å². The van der Waals surface area contributed by atoms with Crippen molar-refractivity contribution in [2.75, 3.05) is 33.7 Å². The number of methoxy groups -OCH3 is 1. The predicted octanol–water partition coefficient (Wildman–Crippen LogP) is 0.640. The number of rotatable bonds is 7. The highest BCUT2D eigenvalue weighted by atomic mass is 16.6. The minimum absolute atomic E-state index is 0. The largest absolute Gasteiger partial charge is 0.447 e. The Kier molecular flexibility index (Phi) is 17.4. The zero-order valence-corrected chi connectivity index (χ0v) is 10.1. The van der Waals surface area contributed by atoms with Gasteiger partial charge in [0.1, 0.15) is 19.9 Å². The van der Waals surface area contributed by atoms with Crippen molar-refractivity contribution in [1.29, 1.82) is 0 Å². The summed E-state index contributed by atoms with van der Waals surface area (Å²) in [4.78, 5) is 49.4. The Bertz CT molecular complexity index is 402. The molecule has 120 valence electrons. The van der Waals surface area contributed by atoms with E-state index < -0.39 is 18.8 Å². The van der Waals surface area contributed by atoms with E-state index in [2.05, 4.69) is 24.8 Å². The maximum atomic E-state index is 11.5. The fraction of sp³-hybridized carbons (Fsp3) is 0.636. The number of hydrogen-bond acceptors (Lipinski definition) is 8. The van der Waals surface area contributed by atoms with Crippen molar-refractivity contribution in [2.45, 2.75) is 14.9 Å². The highest BCUT2D eigenvalue weighted by Crippen LogP contribution is 1.96. The second-order valence-electron chi connectivity index (χ2n) is 2.82. The number of nitrogens with one attached hydrogen (secondary N) is 1. The first-order valence-corrected chi connectivity index (χ1v) is 4.95. The molecule has 0 aliphatic heterocycles. The lowest BCUT2D eigenvalue weighted by atomic mass is 10.7. The monoisotopic (exact) mass is 304 g/mol. The number of ether oxygens (including phenoxy) is 2. The first kappa shape index (κ1) is 23.5. The molecule has 0 heterocycles. The van der Waals surface area contributed by atoms with E-state index in [0.717, 1.165) is 0 Å². The smallest absolute Gasteiger partial charge is 0.419 e. The molecule has 0 aromatic rings. The Morgan fingerprint density at radius 3 is 2.29 bits per heavy atom. The van der Waals surface area contributed by atoms with Crippen LogP contribution in [0, 0.1) is 0 Å². The average Bonchev–Trinajstić information content (AvgIpc) is 2.40. The molecule has 1 N–H and O–H groups in total. The van der Waals surface area contributed by atoms with E-state index in [1.807, 2.05) is 0 Å². The Labute approximate surface area is 122 Å². The number of carbonyl (C=O) groups excluding carboxylic acids is 4. The van der Waals surface area contributed by atoms with Gasteiger partial charge in [-0.05, 0) is 0 Å². The van der Waals surface area contributed by atoms with Crippen LogP contribution in [-0.4, -0.2) is 62.8 Å². The number of urea groups is 1. The molecule has 0 aliphatic carbocycles. The van der Waals surface area contributed by atoms with Gasteiger partial charge in [0.05, 0.1) is 6.61 Å². The summed E-state index contributed by atoms with van der Waals surface area (Å²) in [5.41, 5.74) is 0. The molecule has 3 amide bonds. The summed E-state index contributed by atoms with van der Waals surface area (Å²) in [6, 6.07) is -0.930. The third kappa shape index (κ3) is 11.0. The average molecular weight is 304 g/mol. The fourth-order valence-electron chi connectivity index (χ4n) is 0.830. The summed E-state index contributed by atoms with van der Waals surface area (Å²) in [5.74, 6) is 0. The molecular weight excluding hydrogens is 284 g/mol. The molecule has 0 spiro atoms.